The molecule has 0 radical (unpaired) electrons. The van der Waals surface area contributed by atoms with Crippen LogP contribution < -0.4 is 4.72 Å². The second-order valence-corrected chi connectivity index (χ2v) is 6.98. The molecule has 7 nitrogen and oxygen atoms in total. The lowest BCUT2D eigenvalue weighted by molar-refractivity contribution is 0.565. The number of hydrogen-bond acceptors (Lipinski definition) is 4. The Morgan fingerprint density at radius 3 is 2.61 bits per heavy atom. The molecule has 0 amide bonds. The average Bonchev–Trinajstić information content (AvgIpc) is 3.10. The summed E-state index contributed by atoms with van der Waals surface area (Å²) in [4.78, 5) is 0.264. The highest BCUT2D eigenvalue weighted by Crippen LogP contribution is 2.17. The monoisotopic (exact) mass is 333 g/mol. The lowest BCUT2D eigenvalue weighted by atomic mass is 10.4. The van der Waals surface area contributed by atoms with Crippen LogP contribution in [0.5, 0.6) is 0 Å². The third-order valence-corrected chi connectivity index (χ3v) is 5.16. The van der Waals surface area contributed by atoms with Crippen molar-refractivity contribution < 1.29 is 8.42 Å². The molecule has 0 bridgehead atoms. The van der Waals surface area contributed by atoms with Crippen molar-refractivity contribution in [1.82, 2.24) is 24.3 Å². The van der Waals surface area contributed by atoms with Gasteiger partial charge in [0.1, 0.15) is 11.0 Å². The Hall–Kier alpha value is -2.19. The predicted octanol–water partition coefficient (Wildman–Crippen LogP) is 1.54. The molecule has 3 aromatic rings. The molecule has 0 atom stereocenters. The molecular weight excluding hydrogens is 314 g/mol. The van der Waals surface area contributed by atoms with Gasteiger partial charge in [-0.05, 0) is 26.0 Å². The van der Waals surface area contributed by atoms with Gasteiger partial charge < -0.3 is 0 Å². The van der Waals surface area contributed by atoms with Gasteiger partial charge in [0.15, 0.2) is 0 Å². The lowest BCUT2D eigenvalue weighted by Crippen LogP contribution is -2.27. The van der Waals surface area contributed by atoms with Crippen molar-refractivity contribution >= 4 is 21.1 Å². The van der Waals surface area contributed by atoms with Crippen LogP contribution in [0.15, 0.2) is 41.4 Å². The molecule has 122 valence electrons. The van der Waals surface area contributed by atoms with E-state index in [4.69, 9.17) is 0 Å². The van der Waals surface area contributed by atoms with Crippen molar-refractivity contribution in [3.8, 4) is 0 Å². The second-order valence-electron chi connectivity index (χ2n) is 5.21. The maximum atomic E-state index is 12.2. The van der Waals surface area contributed by atoms with E-state index in [9.17, 15) is 8.42 Å². The largest absolute Gasteiger partial charge is 0.262 e. The van der Waals surface area contributed by atoms with Crippen molar-refractivity contribution in [1.29, 1.82) is 0 Å². The Bertz CT molecular complexity index is 912. The van der Waals surface area contributed by atoms with E-state index >= 15 is 0 Å². The summed E-state index contributed by atoms with van der Waals surface area (Å²) < 4.78 is 30.7. The van der Waals surface area contributed by atoms with E-state index in [0.29, 0.717) is 6.54 Å². The summed E-state index contributed by atoms with van der Waals surface area (Å²) in [5.74, 6) is 0. The zero-order valence-electron chi connectivity index (χ0n) is 13.1. The Morgan fingerprint density at radius 2 is 1.91 bits per heavy atom. The topological polar surface area (TPSA) is 81.8 Å². The minimum Gasteiger partial charge on any atom is -0.262 e. The number of nitrogens with zero attached hydrogens (tertiary/aromatic N) is 4. The van der Waals surface area contributed by atoms with Gasteiger partial charge in [-0.25, -0.2) is 13.1 Å². The predicted molar refractivity (Wildman–Crippen MR) is 87.6 cm³/mol. The summed E-state index contributed by atoms with van der Waals surface area (Å²) in [6.45, 7) is 5.45. The van der Waals surface area contributed by atoms with Gasteiger partial charge in [0.25, 0.3) is 0 Å². The van der Waals surface area contributed by atoms with Crippen LogP contribution in [0.1, 0.15) is 12.6 Å². The number of fused-ring (bicyclic) bond motifs is 1. The number of sulfonamides is 1. The molecule has 2 aromatic heterocycles. The molecule has 3 rings (SSSR count). The summed E-state index contributed by atoms with van der Waals surface area (Å²) >= 11 is 0. The first-order valence-electron chi connectivity index (χ1n) is 7.46. The van der Waals surface area contributed by atoms with Gasteiger partial charge in [0.05, 0.1) is 23.3 Å². The first-order valence-corrected chi connectivity index (χ1v) is 8.95. The lowest BCUT2D eigenvalue weighted by Gasteiger charge is -2.07. The zero-order chi connectivity index (χ0) is 16.4. The summed E-state index contributed by atoms with van der Waals surface area (Å²) in [7, 11) is -3.49. The van der Waals surface area contributed by atoms with Gasteiger partial charge in [-0.3, -0.25) is 9.36 Å². The van der Waals surface area contributed by atoms with E-state index in [1.165, 1.54) is 0 Å². The van der Waals surface area contributed by atoms with Gasteiger partial charge in [0, 0.05) is 13.1 Å². The van der Waals surface area contributed by atoms with Crippen LogP contribution in [-0.4, -0.2) is 34.5 Å². The van der Waals surface area contributed by atoms with E-state index in [-0.39, 0.29) is 11.4 Å². The molecule has 0 aliphatic heterocycles. The van der Waals surface area contributed by atoms with Crippen molar-refractivity contribution in [3.05, 3.63) is 42.2 Å². The number of aryl methyl sites for hydroxylation is 2. The smallest absolute Gasteiger partial charge is 0.240 e. The van der Waals surface area contributed by atoms with Crippen LogP contribution >= 0.6 is 0 Å². The van der Waals surface area contributed by atoms with E-state index in [2.05, 4.69) is 14.9 Å². The first kappa shape index (κ1) is 15.7. The minimum atomic E-state index is -3.49. The van der Waals surface area contributed by atoms with E-state index < -0.39 is 10.0 Å². The van der Waals surface area contributed by atoms with Crippen LogP contribution in [0.2, 0.25) is 0 Å². The number of aromatic nitrogens is 4. The Morgan fingerprint density at radius 1 is 1.17 bits per heavy atom. The summed E-state index contributed by atoms with van der Waals surface area (Å²) in [5, 5.41) is 8.79. The number of rotatable bonds is 6. The molecule has 1 N–H and O–H groups in total. The summed E-state index contributed by atoms with van der Waals surface area (Å²) in [6, 6.07) is 8.34. The fourth-order valence-electron chi connectivity index (χ4n) is 2.60. The molecular formula is C15H19N5O2S. The van der Waals surface area contributed by atoms with E-state index in [1.54, 1.807) is 41.2 Å². The second kappa shape index (κ2) is 6.13. The van der Waals surface area contributed by atoms with Crippen LogP contribution in [0.25, 0.3) is 11.0 Å². The first-order chi connectivity index (χ1) is 11.0. The van der Waals surface area contributed by atoms with Crippen LogP contribution in [0.4, 0.5) is 0 Å². The van der Waals surface area contributed by atoms with E-state index in [0.717, 1.165) is 23.3 Å². The number of hydrogen-bond donors (Lipinski definition) is 1. The van der Waals surface area contributed by atoms with Crippen molar-refractivity contribution in [3.63, 3.8) is 0 Å². The third-order valence-electron chi connectivity index (χ3n) is 3.68. The minimum absolute atomic E-state index is 0.264. The Labute approximate surface area is 135 Å². The van der Waals surface area contributed by atoms with Gasteiger partial charge in [-0.15, -0.1) is 0 Å². The van der Waals surface area contributed by atoms with Crippen LogP contribution in [0, 0.1) is 6.92 Å². The van der Waals surface area contributed by atoms with Gasteiger partial charge in [-0.2, -0.15) is 10.2 Å². The van der Waals surface area contributed by atoms with Gasteiger partial charge in [-0.1, -0.05) is 18.2 Å². The fourth-order valence-corrected chi connectivity index (χ4v) is 3.64. The number of nitrogens with one attached hydrogen (secondary N) is 1. The molecule has 0 fully saturated rings. The van der Waals surface area contributed by atoms with E-state index in [1.807, 2.05) is 18.5 Å². The van der Waals surface area contributed by atoms with Crippen LogP contribution in [0.3, 0.4) is 0 Å². The maximum Gasteiger partial charge on any atom is 0.240 e. The highest BCUT2D eigenvalue weighted by molar-refractivity contribution is 7.89. The molecule has 2 heterocycles. The SMILES string of the molecule is CCn1nc(C)c2c1cnn2CCNS(=O)(=O)c1ccccc1. The standard InChI is InChI=1S/C15H19N5O2S/c1-3-19-14-11-16-20(15(14)12(2)18-19)10-9-17-23(21,22)13-7-5-4-6-8-13/h4-8,11,17H,3,9-10H2,1-2H3. The highest BCUT2D eigenvalue weighted by atomic mass is 32.2. The molecule has 0 aliphatic carbocycles. The van der Waals surface area contributed by atoms with Crippen molar-refractivity contribution in [2.75, 3.05) is 6.54 Å². The fraction of sp³-hybridized carbons (Fsp3) is 0.333. The summed E-state index contributed by atoms with van der Waals surface area (Å²) in [5.41, 5.74) is 2.81. The Balaban J connectivity index is 1.73. The van der Waals surface area contributed by atoms with Crippen molar-refractivity contribution in [2.24, 2.45) is 0 Å². The van der Waals surface area contributed by atoms with Gasteiger partial charge >= 0.3 is 0 Å². The molecule has 0 spiro atoms. The van der Waals surface area contributed by atoms with Gasteiger partial charge in [0.2, 0.25) is 10.0 Å². The molecule has 0 unspecified atom stereocenters. The molecule has 0 saturated carbocycles. The molecule has 0 aliphatic rings. The highest BCUT2D eigenvalue weighted by Gasteiger charge is 2.15. The quantitative estimate of drug-likeness (QED) is 0.742. The molecule has 23 heavy (non-hydrogen) atoms. The normalized spacial score (nSPS) is 12.1. The molecule has 1 aromatic carbocycles. The van der Waals surface area contributed by atoms with Crippen molar-refractivity contribution in [2.45, 2.75) is 31.8 Å². The molecule has 8 heteroatoms. The zero-order valence-corrected chi connectivity index (χ0v) is 13.9. The Kier molecular flexibility index (Phi) is 4.18. The molecule has 0 saturated heterocycles. The third kappa shape index (κ3) is 2.99. The summed E-state index contributed by atoms with van der Waals surface area (Å²) in [6.07, 6.45) is 1.77. The average molecular weight is 333 g/mol. The number of benzene rings is 1. The maximum absolute atomic E-state index is 12.2. The van der Waals surface area contributed by atoms with Crippen LogP contribution in [-0.2, 0) is 23.1 Å².